The van der Waals surface area contributed by atoms with Crippen LogP contribution in [0.4, 0.5) is 10.5 Å². The van der Waals surface area contributed by atoms with Gasteiger partial charge in [-0.05, 0) is 31.5 Å². The van der Waals surface area contributed by atoms with Gasteiger partial charge in [0.25, 0.3) is 0 Å². The summed E-state index contributed by atoms with van der Waals surface area (Å²) in [4.78, 5) is 13.3. The van der Waals surface area contributed by atoms with Gasteiger partial charge in [-0.15, -0.1) is 0 Å². The fourth-order valence-electron chi connectivity index (χ4n) is 3.77. The molecule has 2 fully saturated rings. The fraction of sp³-hybridized carbons (Fsp3) is 0.650. The number of amides is 1. The molecule has 26 heavy (non-hydrogen) atoms. The first-order valence-electron chi connectivity index (χ1n) is 9.40. The van der Waals surface area contributed by atoms with Gasteiger partial charge < -0.3 is 19.9 Å². The predicted octanol–water partition coefficient (Wildman–Crippen LogP) is 2.86. The molecule has 0 bridgehead atoms. The van der Waals surface area contributed by atoms with Crippen LogP contribution in [0.2, 0.25) is 0 Å². The minimum absolute atomic E-state index is 0.0977. The number of ether oxygens (including phenoxy) is 2. The average Bonchev–Trinajstić information content (AvgIpc) is 3.05. The van der Waals surface area contributed by atoms with Crippen LogP contribution in [0.3, 0.4) is 0 Å². The second-order valence-corrected chi connectivity index (χ2v) is 7.86. The molecule has 1 saturated carbocycles. The van der Waals surface area contributed by atoms with Crippen molar-refractivity contribution in [2.75, 3.05) is 31.2 Å². The Balaban J connectivity index is 1.57. The van der Waals surface area contributed by atoms with E-state index in [-0.39, 0.29) is 23.7 Å². The van der Waals surface area contributed by atoms with Crippen molar-refractivity contribution in [3.8, 4) is 0 Å². The molecule has 1 aromatic carbocycles. The minimum atomic E-state index is -0.764. The zero-order valence-corrected chi connectivity index (χ0v) is 16.1. The van der Waals surface area contributed by atoms with Crippen LogP contribution >= 0.6 is 0 Å². The Bertz CT molecular complexity index is 646. The molecule has 3 atom stereocenters. The van der Waals surface area contributed by atoms with Gasteiger partial charge in [0, 0.05) is 36.7 Å². The lowest BCUT2D eigenvalue weighted by Gasteiger charge is -2.58. The number of nitrogens with one attached hydrogen (secondary N) is 1. The molecule has 0 spiro atoms. The van der Waals surface area contributed by atoms with Crippen LogP contribution < -0.4 is 10.2 Å². The molecule has 0 aromatic heterocycles. The van der Waals surface area contributed by atoms with Crippen molar-refractivity contribution in [3.05, 3.63) is 29.8 Å². The summed E-state index contributed by atoms with van der Waals surface area (Å²) >= 11 is 0. The van der Waals surface area contributed by atoms with Crippen LogP contribution in [0.15, 0.2) is 24.3 Å². The normalized spacial score (nSPS) is 28.6. The zero-order valence-electron chi connectivity index (χ0n) is 16.1. The van der Waals surface area contributed by atoms with Gasteiger partial charge in [0.05, 0.1) is 18.2 Å². The van der Waals surface area contributed by atoms with Gasteiger partial charge in [-0.3, -0.25) is 4.90 Å². The third kappa shape index (κ3) is 3.33. The first-order valence-corrected chi connectivity index (χ1v) is 9.40. The number of benzene rings is 1. The number of rotatable bonds is 7. The van der Waals surface area contributed by atoms with E-state index in [0.29, 0.717) is 32.7 Å². The Kier molecular flexibility index (Phi) is 5.28. The molecule has 1 amide bonds. The maximum absolute atomic E-state index is 11.6. The number of anilines is 1. The van der Waals surface area contributed by atoms with Crippen molar-refractivity contribution in [2.45, 2.75) is 51.9 Å². The van der Waals surface area contributed by atoms with Crippen LogP contribution in [0, 0.1) is 5.41 Å². The van der Waals surface area contributed by atoms with Crippen molar-refractivity contribution in [1.29, 1.82) is 0 Å². The van der Waals surface area contributed by atoms with Gasteiger partial charge in [-0.2, -0.15) is 0 Å². The fourth-order valence-corrected chi connectivity index (χ4v) is 3.77. The molecule has 1 saturated heterocycles. The van der Waals surface area contributed by atoms with Crippen molar-refractivity contribution in [3.63, 3.8) is 0 Å². The Labute approximate surface area is 155 Å². The van der Waals surface area contributed by atoms with Gasteiger partial charge in [0.1, 0.15) is 6.61 Å². The van der Waals surface area contributed by atoms with E-state index in [4.69, 9.17) is 9.47 Å². The SMILES string of the molecule is CCO[C@@H]1C[C@](O)(CN[C@H](C)c2ccc(N3CCOC3=O)cc2)C1(C)C. The molecular weight excluding hydrogens is 332 g/mol. The lowest BCUT2D eigenvalue weighted by Crippen LogP contribution is -2.68. The number of carbonyl (C=O) groups is 1. The number of hydrogen-bond donors (Lipinski definition) is 2. The smallest absolute Gasteiger partial charge is 0.414 e. The van der Waals surface area contributed by atoms with Crippen molar-refractivity contribution in [1.82, 2.24) is 5.32 Å². The summed E-state index contributed by atoms with van der Waals surface area (Å²) in [6, 6.07) is 8.00. The van der Waals surface area contributed by atoms with E-state index in [1.807, 2.05) is 31.2 Å². The van der Waals surface area contributed by atoms with Gasteiger partial charge in [0.15, 0.2) is 0 Å². The van der Waals surface area contributed by atoms with Gasteiger partial charge >= 0.3 is 6.09 Å². The van der Waals surface area contributed by atoms with E-state index in [2.05, 4.69) is 26.1 Å². The summed E-state index contributed by atoms with van der Waals surface area (Å²) in [5.41, 5.74) is 0.931. The number of nitrogens with zero attached hydrogens (tertiary/aromatic N) is 1. The summed E-state index contributed by atoms with van der Waals surface area (Å²) in [5.74, 6) is 0. The van der Waals surface area contributed by atoms with Gasteiger partial charge in [-0.1, -0.05) is 26.0 Å². The van der Waals surface area contributed by atoms with Crippen LogP contribution in [0.1, 0.15) is 45.7 Å². The first kappa shape index (κ1) is 19.1. The second kappa shape index (κ2) is 7.18. The van der Waals surface area contributed by atoms with Gasteiger partial charge in [-0.25, -0.2) is 4.79 Å². The molecule has 1 heterocycles. The van der Waals surface area contributed by atoms with Crippen LogP contribution in [0.25, 0.3) is 0 Å². The van der Waals surface area contributed by atoms with E-state index in [1.165, 1.54) is 0 Å². The molecule has 3 rings (SSSR count). The Morgan fingerprint density at radius 2 is 2.08 bits per heavy atom. The highest BCUT2D eigenvalue weighted by molar-refractivity contribution is 5.89. The maximum atomic E-state index is 11.6. The molecule has 2 aliphatic rings. The third-order valence-electron chi connectivity index (χ3n) is 6.06. The largest absolute Gasteiger partial charge is 0.447 e. The molecule has 144 valence electrons. The van der Waals surface area contributed by atoms with Crippen molar-refractivity contribution in [2.24, 2.45) is 5.41 Å². The molecule has 6 heteroatoms. The highest BCUT2D eigenvalue weighted by Gasteiger charge is 2.59. The number of carbonyl (C=O) groups excluding carboxylic acids is 1. The summed E-state index contributed by atoms with van der Waals surface area (Å²) < 4.78 is 10.7. The molecule has 1 aliphatic carbocycles. The van der Waals surface area contributed by atoms with E-state index < -0.39 is 5.60 Å². The summed E-state index contributed by atoms with van der Waals surface area (Å²) in [7, 11) is 0. The molecular formula is C20H30N2O4. The van der Waals surface area contributed by atoms with Crippen LogP contribution in [-0.4, -0.2) is 49.2 Å². The Morgan fingerprint density at radius 3 is 2.62 bits per heavy atom. The third-order valence-corrected chi connectivity index (χ3v) is 6.06. The molecule has 1 aliphatic heterocycles. The quantitative estimate of drug-likeness (QED) is 0.780. The highest BCUT2D eigenvalue weighted by Crippen LogP contribution is 2.51. The summed E-state index contributed by atoms with van der Waals surface area (Å²) in [5, 5.41) is 14.4. The van der Waals surface area contributed by atoms with E-state index in [1.54, 1.807) is 4.90 Å². The lowest BCUT2D eigenvalue weighted by atomic mass is 9.56. The van der Waals surface area contributed by atoms with E-state index >= 15 is 0 Å². The number of hydrogen-bond acceptors (Lipinski definition) is 5. The number of aliphatic hydroxyl groups is 1. The Morgan fingerprint density at radius 1 is 1.38 bits per heavy atom. The molecule has 6 nitrogen and oxygen atoms in total. The standard InChI is InChI=1S/C20H30N2O4/c1-5-25-17-12-20(24,19(17,3)4)13-21-14(2)15-6-8-16(9-7-15)22-10-11-26-18(22)23/h6-9,14,17,21,24H,5,10-13H2,1-4H3/t14-,17-,20+/m1/s1. The average molecular weight is 362 g/mol. The molecule has 0 unspecified atom stereocenters. The molecule has 0 radical (unpaired) electrons. The van der Waals surface area contributed by atoms with Crippen LogP contribution in [0.5, 0.6) is 0 Å². The van der Waals surface area contributed by atoms with Crippen molar-refractivity contribution < 1.29 is 19.4 Å². The van der Waals surface area contributed by atoms with Crippen molar-refractivity contribution >= 4 is 11.8 Å². The predicted molar refractivity (Wildman–Crippen MR) is 100 cm³/mol. The molecule has 2 N–H and O–H groups in total. The maximum Gasteiger partial charge on any atom is 0.414 e. The zero-order chi connectivity index (χ0) is 18.9. The minimum Gasteiger partial charge on any atom is -0.447 e. The monoisotopic (exact) mass is 362 g/mol. The topological polar surface area (TPSA) is 71.0 Å². The van der Waals surface area contributed by atoms with Crippen LogP contribution in [-0.2, 0) is 9.47 Å². The summed E-state index contributed by atoms with van der Waals surface area (Å²) in [6.45, 7) is 10.4. The lowest BCUT2D eigenvalue weighted by molar-refractivity contribution is -0.238. The van der Waals surface area contributed by atoms with Gasteiger partial charge in [0.2, 0.25) is 0 Å². The van der Waals surface area contributed by atoms with E-state index in [0.717, 1.165) is 11.3 Å². The van der Waals surface area contributed by atoms with E-state index in [9.17, 15) is 9.90 Å². The molecule has 1 aromatic rings. The Hall–Kier alpha value is -1.63. The second-order valence-electron chi connectivity index (χ2n) is 7.86. The highest BCUT2D eigenvalue weighted by atomic mass is 16.6. The first-order chi connectivity index (χ1) is 12.3. The number of cyclic esters (lactones) is 1. The summed E-state index contributed by atoms with van der Waals surface area (Å²) in [6.07, 6.45) is 0.472.